The summed E-state index contributed by atoms with van der Waals surface area (Å²) < 4.78 is 22.5. The van der Waals surface area contributed by atoms with Gasteiger partial charge < -0.3 is 23.9 Å². The number of fused-ring (bicyclic) bond motifs is 1. The lowest BCUT2D eigenvalue weighted by Crippen LogP contribution is -2.34. The predicted molar refractivity (Wildman–Crippen MR) is 144 cm³/mol. The van der Waals surface area contributed by atoms with E-state index in [0.717, 1.165) is 24.0 Å². The van der Waals surface area contributed by atoms with Gasteiger partial charge in [0, 0.05) is 24.6 Å². The van der Waals surface area contributed by atoms with Gasteiger partial charge in [-0.3, -0.25) is 4.79 Å². The first kappa shape index (κ1) is 25.7. The van der Waals surface area contributed by atoms with Crippen molar-refractivity contribution in [3.05, 3.63) is 93.3 Å². The SMILES string of the molecule is O=C(COc1ccc(-c2ccccc2)cc1Br)Oc1ccc2cc(C(=O)NCC3CCCO3)c(=O)oc2c1. The quantitative estimate of drug-likeness (QED) is 0.176. The fraction of sp³-hybridized carbons (Fsp3) is 0.207. The fourth-order valence-electron chi connectivity index (χ4n) is 4.15. The van der Waals surface area contributed by atoms with Crippen molar-refractivity contribution in [2.45, 2.75) is 18.9 Å². The normalized spacial score (nSPS) is 14.8. The standard InChI is InChI=1S/C29H24BrNO7/c30-24-14-19(18-5-2-1-3-6-18)9-11-25(24)36-17-27(32)37-21-10-8-20-13-23(29(34)38-26(20)15-21)28(33)31-16-22-7-4-12-35-22/h1-3,5-6,8-11,13-15,22H,4,7,12,16-17H2,(H,31,33). The smallest absolute Gasteiger partial charge is 0.349 e. The van der Waals surface area contributed by atoms with Crippen LogP contribution in [0.2, 0.25) is 0 Å². The highest BCUT2D eigenvalue weighted by Crippen LogP contribution is 2.31. The van der Waals surface area contributed by atoms with Crippen molar-refractivity contribution in [3.8, 4) is 22.6 Å². The van der Waals surface area contributed by atoms with Gasteiger partial charge in [0.2, 0.25) is 0 Å². The average Bonchev–Trinajstić information content (AvgIpc) is 3.45. The zero-order chi connectivity index (χ0) is 26.5. The second-order valence-electron chi connectivity index (χ2n) is 8.77. The molecule has 1 N–H and O–H groups in total. The summed E-state index contributed by atoms with van der Waals surface area (Å²) in [7, 11) is 0. The van der Waals surface area contributed by atoms with Crippen LogP contribution >= 0.6 is 15.9 Å². The van der Waals surface area contributed by atoms with Gasteiger partial charge in [-0.15, -0.1) is 0 Å². The molecule has 3 aromatic carbocycles. The Balaban J connectivity index is 1.20. The van der Waals surface area contributed by atoms with Gasteiger partial charge in [0.15, 0.2) is 6.61 Å². The summed E-state index contributed by atoms with van der Waals surface area (Å²) in [6, 6.07) is 21.5. The van der Waals surface area contributed by atoms with Gasteiger partial charge in [0.25, 0.3) is 5.91 Å². The van der Waals surface area contributed by atoms with Crippen molar-refractivity contribution in [1.82, 2.24) is 5.32 Å². The average molecular weight is 578 g/mol. The molecule has 194 valence electrons. The monoisotopic (exact) mass is 577 g/mol. The van der Waals surface area contributed by atoms with Crippen molar-refractivity contribution in [1.29, 1.82) is 0 Å². The Hall–Kier alpha value is -3.95. The third kappa shape index (κ3) is 6.12. The van der Waals surface area contributed by atoms with E-state index in [1.807, 2.05) is 42.5 Å². The Morgan fingerprint density at radius 2 is 1.84 bits per heavy atom. The van der Waals surface area contributed by atoms with E-state index in [0.29, 0.717) is 28.8 Å². The third-order valence-electron chi connectivity index (χ3n) is 6.08. The second-order valence-corrected chi connectivity index (χ2v) is 9.62. The maximum atomic E-state index is 12.5. The van der Waals surface area contributed by atoms with Gasteiger partial charge in [0.1, 0.15) is 22.6 Å². The number of hydrogen-bond acceptors (Lipinski definition) is 7. The highest BCUT2D eigenvalue weighted by Gasteiger charge is 2.19. The van der Waals surface area contributed by atoms with Crippen LogP contribution < -0.4 is 20.4 Å². The molecular weight excluding hydrogens is 554 g/mol. The fourth-order valence-corrected chi connectivity index (χ4v) is 4.64. The number of esters is 1. The van der Waals surface area contributed by atoms with E-state index in [4.69, 9.17) is 18.6 Å². The van der Waals surface area contributed by atoms with Gasteiger partial charge in [-0.1, -0.05) is 36.4 Å². The Kier molecular flexibility index (Phi) is 7.86. The van der Waals surface area contributed by atoms with Crippen LogP contribution in [0.15, 0.2) is 86.5 Å². The molecule has 0 radical (unpaired) electrons. The van der Waals surface area contributed by atoms with Crippen LogP contribution in [0.3, 0.4) is 0 Å². The molecule has 5 rings (SSSR count). The number of carbonyl (C=O) groups excluding carboxylic acids is 2. The number of amides is 1. The molecule has 1 aromatic heterocycles. The molecule has 0 bridgehead atoms. The van der Waals surface area contributed by atoms with Crippen LogP contribution in [-0.4, -0.2) is 37.7 Å². The molecule has 38 heavy (non-hydrogen) atoms. The summed E-state index contributed by atoms with van der Waals surface area (Å²) in [6.45, 7) is 0.688. The summed E-state index contributed by atoms with van der Waals surface area (Å²) in [5.41, 5.74) is 1.38. The van der Waals surface area contributed by atoms with E-state index in [-0.39, 0.29) is 29.6 Å². The van der Waals surface area contributed by atoms with E-state index in [1.165, 1.54) is 12.1 Å². The van der Waals surface area contributed by atoms with E-state index in [1.54, 1.807) is 18.2 Å². The number of ether oxygens (including phenoxy) is 3. The number of hydrogen-bond donors (Lipinski definition) is 1. The second kappa shape index (κ2) is 11.6. The number of carbonyl (C=O) groups is 2. The minimum absolute atomic E-state index is 0.0394. The van der Waals surface area contributed by atoms with Crippen LogP contribution in [0.1, 0.15) is 23.2 Å². The molecule has 1 aliphatic rings. The van der Waals surface area contributed by atoms with Gasteiger partial charge in [-0.2, -0.15) is 0 Å². The summed E-state index contributed by atoms with van der Waals surface area (Å²) in [5, 5.41) is 3.23. The number of halogens is 1. The van der Waals surface area contributed by atoms with Crippen LogP contribution in [0.5, 0.6) is 11.5 Å². The summed E-state index contributed by atoms with van der Waals surface area (Å²) >= 11 is 3.48. The van der Waals surface area contributed by atoms with Crippen LogP contribution in [0, 0.1) is 0 Å². The maximum Gasteiger partial charge on any atom is 0.349 e. The minimum atomic E-state index is -0.780. The minimum Gasteiger partial charge on any atom is -0.481 e. The van der Waals surface area contributed by atoms with Gasteiger partial charge in [-0.25, -0.2) is 9.59 Å². The molecule has 1 fully saturated rings. The highest BCUT2D eigenvalue weighted by molar-refractivity contribution is 9.10. The first-order valence-electron chi connectivity index (χ1n) is 12.1. The lowest BCUT2D eigenvalue weighted by atomic mass is 10.1. The topological polar surface area (TPSA) is 104 Å². The Morgan fingerprint density at radius 3 is 2.61 bits per heavy atom. The first-order valence-corrected chi connectivity index (χ1v) is 12.9. The van der Waals surface area contributed by atoms with E-state index in [2.05, 4.69) is 21.2 Å². The molecule has 0 saturated carbocycles. The van der Waals surface area contributed by atoms with Gasteiger partial charge in [-0.05, 0) is 70.2 Å². The summed E-state index contributed by atoms with van der Waals surface area (Å²) in [4.78, 5) is 37.3. The summed E-state index contributed by atoms with van der Waals surface area (Å²) in [6.07, 6.45) is 1.79. The van der Waals surface area contributed by atoms with Gasteiger partial charge in [0.05, 0.1) is 10.6 Å². The van der Waals surface area contributed by atoms with Crippen molar-refractivity contribution in [3.63, 3.8) is 0 Å². The van der Waals surface area contributed by atoms with Crippen molar-refractivity contribution < 1.29 is 28.2 Å². The largest absolute Gasteiger partial charge is 0.481 e. The molecule has 4 aromatic rings. The highest BCUT2D eigenvalue weighted by atomic mass is 79.9. The van der Waals surface area contributed by atoms with Crippen LogP contribution in [-0.2, 0) is 9.53 Å². The molecule has 0 aliphatic carbocycles. The first-order chi connectivity index (χ1) is 18.5. The summed E-state index contributed by atoms with van der Waals surface area (Å²) in [5.74, 6) is -0.470. The molecule has 1 atom stereocenters. The molecule has 0 spiro atoms. The molecule has 1 saturated heterocycles. The molecular formula is C29H24BrNO7. The van der Waals surface area contributed by atoms with E-state index >= 15 is 0 Å². The van der Waals surface area contributed by atoms with Gasteiger partial charge >= 0.3 is 11.6 Å². The molecule has 1 unspecified atom stereocenters. The maximum absolute atomic E-state index is 12.5. The van der Waals surface area contributed by atoms with Crippen molar-refractivity contribution in [2.75, 3.05) is 19.8 Å². The number of rotatable bonds is 8. The Labute approximate surface area is 226 Å². The lowest BCUT2D eigenvalue weighted by molar-refractivity contribution is -0.136. The Morgan fingerprint density at radius 1 is 1.00 bits per heavy atom. The third-order valence-corrected chi connectivity index (χ3v) is 6.70. The predicted octanol–water partition coefficient (Wildman–Crippen LogP) is 5.12. The van der Waals surface area contributed by atoms with Crippen molar-refractivity contribution >= 4 is 38.8 Å². The molecule has 1 amide bonds. The zero-order valence-corrected chi connectivity index (χ0v) is 21.9. The number of benzene rings is 3. The molecule has 2 heterocycles. The molecule has 1 aliphatic heterocycles. The lowest BCUT2D eigenvalue weighted by Gasteiger charge is -2.11. The number of nitrogens with one attached hydrogen (secondary N) is 1. The van der Waals surface area contributed by atoms with E-state index < -0.39 is 17.5 Å². The Bertz CT molecular complexity index is 1530. The molecule has 9 heteroatoms. The van der Waals surface area contributed by atoms with Crippen LogP contribution in [0.25, 0.3) is 22.1 Å². The van der Waals surface area contributed by atoms with E-state index in [9.17, 15) is 14.4 Å². The van der Waals surface area contributed by atoms with Crippen molar-refractivity contribution in [2.24, 2.45) is 0 Å². The molecule has 8 nitrogen and oxygen atoms in total. The van der Waals surface area contributed by atoms with Crippen LogP contribution in [0.4, 0.5) is 0 Å². The zero-order valence-electron chi connectivity index (χ0n) is 20.3.